The Morgan fingerprint density at radius 1 is 1.17 bits per heavy atom. The normalized spacial score (nSPS) is 18.6. The first-order valence-electron chi connectivity index (χ1n) is 8.50. The standard InChI is InChI=1S/C19H16ClF3N2O4/c20-9-16(27)25-13-8-12(26)6-7-15(13)29-17(11-4-2-1-3-5-11)14(25)10-24-18(28)19(21,22)23/h1-8,14,17,26H,9-10H2,(H,24,28). The SMILES string of the molecule is O=C(CCl)N1c2cc(O)ccc2OC(c2ccccc2)C1CNC(=O)C(F)(F)F. The van der Waals surface area contributed by atoms with Crippen LogP contribution < -0.4 is 15.0 Å². The Hall–Kier alpha value is -2.94. The van der Waals surface area contributed by atoms with E-state index in [9.17, 15) is 27.9 Å². The zero-order valence-electron chi connectivity index (χ0n) is 14.8. The Kier molecular flexibility index (Phi) is 5.88. The molecule has 0 saturated heterocycles. The van der Waals surface area contributed by atoms with Crippen molar-refractivity contribution in [2.24, 2.45) is 0 Å². The molecule has 0 spiro atoms. The van der Waals surface area contributed by atoms with Crippen LogP contribution in [0.2, 0.25) is 0 Å². The smallest absolute Gasteiger partial charge is 0.471 e. The molecule has 2 N–H and O–H groups in total. The molecule has 1 aliphatic heterocycles. The summed E-state index contributed by atoms with van der Waals surface area (Å²) in [5.41, 5.74) is 0.735. The number of aromatic hydroxyl groups is 1. The summed E-state index contributed by atoms with van der Waals surface area (Å²) in [7, 11) is 0. The van der Waals surface area contributed by atoms with Crippen LogP contribution in [-0.2, 0) is 9.59 Å². The molecular weight excluding hydrogens is 413 g/mol. The number of fused-ring (bicyclic) bond motifs is 1. The second kappa shape index (κ2) is 8.20. The monoisotopic (exact) mass is 428 g/mol. The van der Waals surface area contributed by atoms with Crippen LogP contribution in [0.1, 0.15) is 11.7 Å². The molecule has 10 heteroatoms. The van der Waals surface area contributed by atoms with Gasteiger partial charge in [-0.1, -0.05) is 30.3 Å². The van der Waals surface area contributed by atoms with E-state index >= 15 is 0 Å². The molecular formula is C19H16ClF3N2O4. The summed E-state index contributed by atoms with van der Waals surface area (Å²) in [5.74, 6) is -3.14. The highest BCUT2D eigenvalue weighted by Gasteiger charge is 2.43. The van der Waals surface area contributed by atoms with Crippen molar-refractivity contribution in [1.82, 2.24) is 5.32 Å². The van der Waals surface area contributed by atoms with Gasteiger partial charge in [0.15, 0.2) is 0 Å². The summed E-state index contributed by atoms with van der Waals surface area (Å²) in [4.78, 5) is 25.1. The van der Waals surface area contributed by atoms with Crippen LogP contribution in [0.4, 0.5) is 18.9 Å². The molecule has 0 bridgehead atoms. The summed E-state index contributed by atoms with van der Waals surface area (Å²) in [6, 6.07) is 11.6. The first kappa shape index (κ1) is 20.8. The number of amides is 2. The van der Waals surface area contributed by atoms with Gasteiger partial charge in [-0.3, -0.25) is 14.5 Å². The van der Waals surface area contributed by atoms with Crippen molar-refractivity contribution in [2.75, 3.05) is 17.3 Å². The second-order valence-electron chi connectivity index (χ2n) is 6.27. The topological polar surface area (TPSA) is 78.9 Å². The lowest BCUT2D eigenvalue weighted by molar-refractivity contribution is -0.173. The minimum absolute atomic E-state index is 0.147. The number of hydrogen-bond acceptors (Lipinski definition) is 4. The Balaban J connectivity index is 2.05. The van der Waals surface area contributed by atoms with E-state index in [0.717, 1.165) is 4.90 Å². The van der Waals surface area contributed by atoms with Gasteiger partial charge >= 0.3 is 12.1 Å². The molecule has 29 heavy (non-hydrogen) atoms. The third kappa shape index (κ3) is 4.40. The van der Waals surface area contributed by atoms with Gasteiger partial charge < -0.3 is 15.2 Å². The van der Waals surface area contributed by atoms with Gasteiger partial charge in [-0.2, -0.15) is 13.2 Å². The molecule has 3 rings (SSSR count). The average Bonchev–Trinajstić information content (AvgIpc) is 2.70. The molecule has 0 radical (unpaired) electrons. The Morgan fingerprint density at radius 2 is 1.86 bits per heavy atom. The molecule has 0 aliphatic carbocycles. The number of anilines is 1. The second-order valence-corrected chi connectivity index (χ2v) is 6.54. The maximum atomic E-state index is 12.7. The number of nitrogens with zero attached hydrogens (tertiary/aromatic N) is 1. The Morgan fingerprint density at radius 3 is 2.48 bits per heavy atom. The van der Waals surface area contributed by atoms with Gasteiger partial charge in [0, 0.05) is 12.6 Å². The minimum Gasteiger partial charge on any atom is -0.508 e. The molecule has 2 amide bonds. The quantitative estimate of drug-likeness (QED) is 0.733. The highest BCUT2D eigenvalue weighted by atomic mass is 35.5. The fourth-order valence-corrected chi connectivity index (χ4v) is 3.26. The molecule has 1 aliphatic rings. The number of phenols is 1. The van der Waals surface area contributed by atoms with Crippen LogP contribution in [0.15, 0.2) is 48.5 Å². The van der Waals surface area contributed by atoms with Crippen LogP contribution in [0, 0.1) is 0 Å². The van der Waals surface area contributed by atoms with Crippen molar-refractivity contribution in [3.8, 4) is 11.5 Å². The number of ether oxygens (including phenoxy) is 1. The van der Waals surface area contributed by atoms with E-state index < -0.39 is 42.6 Å². The lowest BCUT2D eigenvalue weighted by atomic mass is 9.97. The van der Waals surface area contributed by atoms with Gasteiger partial charge in [-0.15, -0.1) is 11.6 Å². The molecule has 2 unspecified atom stereocenters. The molecule has 2 aromatic carbocycles. The highest BCUT2D eigenvalue weighted by Crippen LogP contribution is 2.43. The zero-order valence-corrected chi connectivity index (χ0v) is 15.6. The first-order chi connectivity index (χ1) is 13.7. The molecule has 1 heterocycles. The summed E-state index contributed by atoms with van der Waals surface area (Å²) in [6.07, 6.45) is -5.95. The summed E-state index contributed by atoms with van der Waals surface area (Å²) in [6.45, 7) is -0.546. The number of hydrogen-bond donors (Lipinski definition) is 2. The molecule has 0 saturated carbocycles. The zero-order chi connectivity index (χ0) is 21.2. The van der Waals surface area contributed by atoms with Crippen LogP contribution in [0.5, 0.6) is 11.5 Å². The van der Waals surface area contributed by atoms with E-state index in [4.69, 9.17) is 16.3 Å². The van der Waals surface area contributed by atoms with Crippen molar-refractivity contribution in [3.63, 3.8) is 0 Å². The number of alkyl halides is 4. The van der Waals surface area contributed by atoms with Crippen molar-refractivity contribution >= 4 is 29.1 Å². The van der Waals surface area contributed by atoms with Crippen molar-refractivity contribution in [3.05, 3.63) is 54.1 Å². The lowest BCUT2D eigenvalue weighted by Crippen LogP contribution is -2.55. The summed E-state index contributed by atoms with van der Waals surface area (Å²) in [5, 5.41) is 11.6. The fraction of sp³-hybridized carbons (Fsp3) is 0.263. The van der Waals surface area contributed by atoms with E-state index in [1.54, 1.807) is 35.6 Å². The largest absolute Gasteiger partial charge is 0.508 e. The van der Waals surface area contributed by atoms with E-state index in [2.05, 4.69) is 0 Å². The summed E-state index contributed by atoms with van der Waals surface area (Å²) < 4.78 is 43.9. The Labute approximate surface area is 168 Å². The van der Waals surface area contributed by atoms with Crippen LogP contribution in [0.25, 0.3) is 0 Å². The van der Waals surface area contributed by atoms with Crippen LogP contribution in [-0.4, -0.2) is 41.6 Å². The van der Waals surface area contributed by atoms with Gasteiger partial charge in [0.05, 0.1) is 11.7 Å². The molecule has 6 nitrogen and oxygen atoms in total. The molecule has 2 aromatic rings. The van der Waals surface area contributed by atoms with Gasteiger partial charge in [0.2, 0.25) is 5.91 Å². The maximum absolute atomic E-state index is 12.7. The molecule has 154 valence electrons. The van der Waals surface area contributed by atoms with Gasteiger partial charge in [0.1, 0.15) is 23.5 Å². The van der Waals surface area contributed by atoms with Crippen LogP contribution in [0.3, 0.4) is 0 Å². The number of phenolic OH excluding ortho intramolecular Hbond substituents is 1. The average molecular weight is 429 g/mol. The molecule has 0 fully saturated rings. The predicted octanol–water partition coefficient (Wildman–Crippen LogP) is 3.14. The van der Waals surface area contributed by atoms with Gasteiger partial charge in [-0.25, -0.2) is 0 Å². The van der Waals surface area contributed by atoms with E-state index in [1.807, 2.05) is 0 Å². The highest BCUT2D eigenvalue weighted by molar-refractivity contribution is 6.29. The number of benzene rings is 2. The number of halogens is 4. The van der Waals surface area contributed by atoms with Crippen molar-refractivity contribution in [1.29, 1.82) is 0 Å². The number of nitrogens with one attached hydrogen (secondary N) is 1. The first-order valence-corrected chi connectivity index (χ1v) is 9.03. The number of carbonyl (C=O) groups is 2. The third-order valence-corrected chi connectivity index (χ3v) is 4.61. The van der Waals surface area contributed by atoms with E-state index in [1.165, 1.54) is 18.2 Å². The van der Waals surface area contributed by atoms with Crippen molar-refractivity contribution in [2.45, 2.75) is 18.3 Å². The van der Waals surface area contributed by atoms with E-state index in [0.29, 0.717) is 5.56 Å². The number of rotatable bonds is 4. The van der Waals surface area contributed by atoms with E-state index in [-0.39, 0.29) is 17.2 Å². The van der Waals surface area contributed by atoms with Gasteiger partial charge in [-0.05, 0) is 17.7 Å². The van der Waals surface area contributed by atoms with Crippen molar-refractivity contribution < 1.29 is 32.6 Å². The molecule has 0 aromatic heterocycles. The minimum atomic E-state index is -5.07. The number of carbonyl (C=O) groups excluding carboxylic acids is 2. The van der Waals surface area contributed by atoms with Gasteiger partial charge in [0.25, 0.3) is 0 Å². The van der Waals surface area contributed by atoms with Crippen LogP contribution >= 0.6 is 11.6 Å². The third-order valence-electron chi connectivity index (χ3n) is 4.38. The lowest BCUT2D eigenvalue weighted by Gasteiger charge is -2.42. The maximum Gasteiger partial charge on any atom is 0.471 e. The molecule has 2 atom stereocenters. The Bertz CT molecular complexity index is 908. The predicted molar refractivity (Wildman–Crippen MR) is 99.0 cm³/mol. The fourth-order valence-electron chi connectivity index (χ4n) is 3.14. The summed E-state index contributed by atoms with van der Waals surface area (Å²) >= 11 is 5.72.